The largest absolute Gasteiger partial charge is 0.0988 e. The van der Waals surface area contributed by atoms with Gasteiger partial charge in [-0.3, -0.25) is 0 Å². The molecule has 0 aromatic heterocycles. The molecule has 0 spiro atoms. The molecule has 0 heteroatoms. The predicted octanol–water partition coefficient (Wildman–Crippen LogP) is 3.33. The summed E-state index contributed by atoms with van der Waals surface area (Å²) in [7, 11) is 0. The Labute approximate surface area is 58.6 Å². The van der Waals surface area contributed by atoms with Crippen molar-refractivity contribution in [3.05, 3.63) is 36.5 Å². The van der Waals surface area contributed by atoms with E-state index >= 15 is 0 Å². The van der Waals surface area contributed by atoms with Crippen molar-refractivity contribution >= 4 is 0 Å². The summed E-state index contributed by atoms with van der Waals surface area (Å²) in [5.41, 5.74) is 2.24. The van der Waals surface area contributed by atoms with Crippen molar-refractivity contribution in [1.82, 2.24) is 0 Å². The number of hydrogen-bond acceptors (Lipinski definition) is 0. The zero-order valence-electron chi connectivity index (χ0n) is 5.57. The predicted molar refractivity (Wildman–Crippen MR) is 45.5 cm³/mol. The number of allylic oxidation sites excluding steroid dienone is 4. The molecule has 0 amide bonds. The summed E-state index contributed by atoms with van der Waals surface area (Å²) < 4.78 is 0. The molecule has 0 aliphatic rings. The van der Waals surface area contributed by atoms with Crippen LogP contribution in [-0.4, -0.2) is 0 Å². The smallest absolute Gasteiger partial charge is 0.0398 e. The van der Waals surface area contributed by atoms with Crippen LogP contribution in [0.5, 0.6) is 0 Å². The minimum atomic E-state index is 0. The van der Waals surface area contributed by atoms with Crippen molar-refractivity contribution in [1.29, 1.82) is 0 Å². The van der Waals surface area contributed by atoms with Gasteiger partial charge >= 0.3 is 0 Å². The maximum Gasteiger partial charge on any atom is -0.0398 e. The standard InChI is InChI=1S/C8H12.CH4/c1-5-8(4)6-7(2)3;/h5-6H,1-2H2,3-4H3;1H4/b8-6-;. The van der Waals surface area contributed by atoms with Crippen molar-refractivity contribution < 1.29 is 0 Å². The topological polar surface area (TPSA) is 0 Å². The normalized spacial score (nSPS) is 9.78. The van der Waals surface area contributed by atoms with Gasteiger partial charge in [-0.2, -0.15) is 0 Å². The van der Waals surface area contributed by atoms with Crippen LogP contribution in [0.4, 0.5) is 0 Å². The van der Waals surface area contributed by atoms with Gasteiger partial charge in [-0.25, -0.2) is 0 Å². The molecule has 0 rings (SSSR count). The lowest BCUT2D eigenvalue weighted by Gasteiger charge is -1.87. The first-order chi connectivity index (χ1) is 3.66. The van der Waals surface area contributed by atoms with E-state index in [0.29, 0.717) is 0 Å². The van der Waals surface area contributed by atoms with Crippen LogP contribution >= 0.6 is 0 Å². The first kappa shape index (κ1) is 11.1. The Hall–Kier alpha value is -0.780. The molecule has 0 N–H and O–H groups in total. The van der Waals surface area contributed by atoms with Crippen LogP contribution in [0.25, 0.3) is 0 Å². The van der Waals surface area contributed by atoms with E-state index in [1.165, 1.54) is 0 Å². The molecule has 0 unspecified atom stereocenters. The van der Waals surface area contributed by atoms with E-state index in [4.69, 9.17) is 0 Å². The second kappa shape index (κ2) is 5.36. The molecule has 0 saturated carbocycles. The lowest BCUT2D eigenvalue weighted by Crippen LogP contribution is -1.66. The van der Waals surface area contributed by atoms with Crippen molar-refractivity contribution in [2.45, 2.75) is 21.3 Å². The van der Waals surface area contributed by atoms with Crippen LogP contribution in [-0.2, 0) is 0 Å². The van der Waals surface area contributed by atoms with E-state index in [1.54, 1.807) is 0 Å². The van der Waals surface area contributed by atoms with Gasteiger partial charge in [0.2, 0.25) is 0 Å². The Morgan fingerprint density at radius 2 is 1.78 bits per heavy atom. The Morgan fingerprint density at radius 3 is 1.89 bits per heavy atom. The molecule has 0 atom stereocenters. The average Bonchev–Trinajstić information content (AvgIpc) is 1.65. The Balaban J connectivity index is 0. The molecule has 0 heterocycles. The van der Waals surface area contributed by atoms with Crippen molar-refractivity contribution in [2.24, 2.45) is 0 Å². The molecule has 0 aliphatic heterocycles. The van der Waals surface area contributed by atoms with Gasteiger partial charge in [0.25, 0.3) is 0 Å². The third-order valence-corrected chi connectivity index (χ3v) is 0.796. The third kappa shape index (κ3) is 7.22. The summed E-state index contributed by atoms with van der Waals surface area (Å²) in [6, 6.07) is 0. The van der Waals surface area contributed by atoms with Crippen molar-refractivity contribution in [2.75, 3.05) is 0 Å². The molecule has 0 bridgehead atoms. The molecular formula is C9H16. The summed E-state index contributed by atoms with van der Waals surface area (Å²) in [5.74, 6) is 0. The summed E-state index contributed by atoms with van der Waals surface area (Å²) in [6.07, 6.45) is 3.81. The fourth-order valence-electron chi connectivity index (χ4n) is 0.448. The average molecular weight is 124 g/mol. The highest BCUT2D eigenvalue weighted by Crippen LogP contribution is 1.97. The van der Waals surface area contributed by atoms with E-state index in [0.717, 1.165) is 11.1 Å². The van der Waals surface area contributed by atoms with E-state index in [2.05, 4.69) is 13.2 Å². The monoisotopic (exact) mass is 124 g/mol. The molecule has 0 aromatic carbocycles. The van der Waals surface area contributed by atoms with Crippen LogP contribution in [0, 0.1) is 0 Å². The lowest BCUT2D eigenvalue weighted by atomic mass is 10.2. The minimum absolute atomic E-state index is 0. The maximum absolute atomic E-state index is 3.72. The zero-order chi connectivity index (χ0) is 6.57. The van der Waals surface area contributed by atoms with Gasteiger partial charge in [0.15, 0.2) is 0 Å². The molecule has 0 nitrogen and oxygen atoms in total. The van der Waals surface area contributed by atoms with E-state index < -0.39 is 0 Å². The molecule has 0 saturated heterocycles. The number of hydrogen-bond donors (Lipinski definition) is 0. The molecule has 0 aliphatic carbocycles. The van der Waals surface area contributed by atoms with Crippen LogP contribution in [0.1, 0.15) is 21.3 Å². The molecule has 9 heavy (non-hydrogen) atoms. The second-order valence-electron chi connectivity index (χ2n) is 1.94. The van der Waals surface area contributed by atoms with Crippen LogP contribution in [0.3, 0.4) is 0 Å². The molecule has 0 aromatic rings. The van der Waals surface area contributed by atoms with Gasteiger partial charge in [0.1, 0.15) is 0 Å². The van der Waals surface area contributed by atoms with E-state index in [9.17, 15) is 0 Å². The third-order valence-electron chi connectivity index (χ3n) is 0.796. The highest BCUT2D eigenvalue weighted by molar-refractivity contribution is 5.23. The first-order valence-electron chi connectivity index (χ1n) is 2.63. The quantitative estimate of drug-likeness (QED) is 0.495. The van der Waals surface area contributed by atoms with Gasteiger partial charge in [-0.1, -0.05) is 43.9 Å². The Morgan fingerprint density at radius 1 is 1.33 bits per heavy atom. The summed E-state index contributed by atoms with van der Waals surface area (Å²) in [4.78, 5) is 0. The van der Waals surface area contributed by atoms with Gasteiger partial charge < -0.3 is 0 Å². The van der Waals surface area contributed by atoms with Gasteiger partial charge in [-0.15, -0.1) is 0 Å². The van der Waals surface area contributed by atoms with Crippen LogP contribution < -0.4 is 0 Å². The van der Waals surface area contributed by atoms with Gasteiger partial charge in [-0.05, 0) is 13.8 Å². The van der Waals surface area contributed by atoms with Crippen molar-refractivity contribution in [3.63, 3.8) is 0 Å². The lowest BCUT2D eigenvalue weighted by molar-refractivity contribution is 1.46. The fraction of sp³-hybridized carbons (Fsp3) is 0.333. The first-order valence-corrected chi connectivity index (χ1v) is 2.63. The number of rotatable bonds is 2. The minimum Gasteiger partial charge on any atom is -0.0988 e. The summed E-state index contributed by atoms with van der Waals surface area (Å²) in [6.45, 7) is 11.3. The van der Waals surface area contributed by atoms with Gasteiger partial charge in [0, 0.05) is 0 Å². The molecule has 0 radical (unpaired) electrons. The molecule has 0 fully saturated rings. The molecular weight excluding hydrogens is 108 g/mol. The zero-order valence-corrected chi connectivity index (χ0v) is 5.57. The van der Waals surface area contributed by atoms with Gasteiger partial charge in [0.05, 0.1) is 0 Å². The van der Waals surface area contributed by atoms with E-state index in [1.807, 2.05) is 26.0 Å². The SMILES string of the molecule is C.C=C/C(C)=C\C(=C)C. The highest BCUT2D eigenvalue weighted by atomic mass is 13.8. The second-order valence-corrected chi connectivity index (χ2v) is 1.94. The molecule has 52 valence electrons. The summed E-state index contributed by atoms with van der Waals surface area (Å²) >= 11 is 0. The maximum atomic E-state index is 3.72. The van der Waals surface area contributed by atoms with Crippen LogP contribution in [0.15, 0.2) is 36.5 Å². The fourth-order valence-corrected chi connectivity index (χ4v) is 0.448. The Kier molecular flexibility index (Phi) is 6.59. The highest BCUT2D eigenvalue weighted by Gasteiger charge is 1.76. The van der Waals surface area contributed by atoms with Crippen molar-refractivity contribution in [3.8, 4) is 0 Å². The van der Waals surface area contributed by atoms with Crippen LogP contribution in [0.2, 0.25) is 0 Å². The van der Waals surface area contributed by atoms with E-state index in [-0.39, 0.29) is 7.43 Å². The summed E-state index contributed by atoms with van der Waals surface area (Å²) in [5, 5.41) is 0. The Bertz CT molecular complexity index is 127.